The molecule has 0 amide bonds. The van der Waals surface area contributed by atoms with Crippen molar-refractivity contribution >= 4 is 11.8 Å². The highest BCUT2D eigenvalue weighted by atomic mass is 32.2. The fourth-order valence-electron chi connectivity index (χ4n) is 4.67. The number of ether oxygens (including phenoxy) is 1. The van der Waals surface area contributed by atoms with E-state index in [9.17, 15) is 0 Å². The topological polar surface area (TPSA) is 43.2 Å². The van der Waals surface area contributed by atoms with Gasteiger partial charge in [0.25, 0.3) is 0 Å². The number of hydrogen-bond donors (Lipinski definition) is 0. The first-order chi connectivity index (χ1) is 14.7. The summed E-state index contributed by atoms with van der Waals surface area (Å²) in [5.74, 6) is 3.47. The van der Waals surface area contributed by atoms with Gasteiger partial charge in [0.05, 0.1) is 12.6 Å². The van der Waals surface area contributed by atoms with Crippen molar-refractivity contribution < 1.29 is 4.74 Å². The van der Waals surface area contributed by atoms with Crippen LogP contribution in [0.4, 0.5) is 0 Å². The summed E-state index contributed by atoms with van der Waals surface area (Å²) in [6.45, 7) is 9.97. The molecule has 2 saturated heterocycles. The van der Waals surface area contributed by atoms with Crippen molar-refractivity contribution in [1.29, 1.82) is 0 Å². The van der Waals surface area contributed by atoms with Crippen molar-refractivity contribution in [3.8, 4) is 0 Å². The van der Waals surface area contributed by atoms with Crippen LogP contribution in [0.25, 0.3) is 0 Å². The molecule has 0 saturated carbocycles. The molecule has 164 valence electrons. The van der Waals surface area contributed by atoms with Crippen molar-refractivity contribution in [2.75, 3.05) is 32.0 Å². The maximum absolute atomic E-state index is 5.96. The van der Waals surface area contributed by atoms with Crippen LogP contribution in [-0.2, 0) is 17.7 Å². The molecule has 0 N–H and O–H groups in total. The molecule has 2 aliphatic rings. The van der Waals surface area contributed by atoms with E-state index in [0.717, 1.165) is 42.8 Å². The van der Waals surface area contributed by atoms with Crippen molar-refractivity contribution in [2.24, 2.45) is 5.92 Å². The molecular weight excluding hydrogens is 392 g/mol. The fraction of sp³-hybridized carbons (Fsp3) is 0.667. The third kappa shape index (κ3) is 5.86. The van der Waals surface area contributed by atoms with Crippen LogP contribution in [0.15, 0.2) is 35.5 Å². The maximum atomic E-state index is 5.96. The summed E-state index contributed by atoms with van der Waals surface area (Å²) < 4.78 is 8.36. The van der Waals surface area contributed by atoms with Crippen LogP contribution in [0, 0.1) is 5.92 Å². The zero-order valence-electron chi connectivity index (χ0n) is 18.5. The predicted octanol–water partition coefficient (Wildman–Crippen LogP) is 4.63. The Kier molecular flexibility index (Phi) is 7.85. The van der Waals surface area contributed by atoms with Crippen LogP contribution >= 0.6 is 11.8 Å². The number of thioether (sulfide) groups is 1. The second kappa shape index (κ2) is 10.8. The largest absolute Gasteiger partial charge is 0.376 e. The Morgan fingerprint density at radius 3 is 2.60 bits per heavy atom. The van der Waals surface area contributed by atoms with Gasteiger partial charge in [0, 0.05) is 24.8 Å². The minimum absolute atomic E-state index is 0.314. The van der Waals surface area contributed by atoms with Crippen LogP contribution in [0.2, 0.25) is 0 Å². The molecule has 1 atom stereocenters. The Balaban J connectivity index is 1.42. The minimum atomic E-state index is 0.314. The van der Waals surface area contributed by atoms with E-state index in [-0.39, 0.29) is 0 Å². The van der Waals surface area contributed by atoms with Crippen LogP contribution in [-0.4, -0.2) is 57.8 Å². The van der Waals surface area contributed by atoms with Crippen LogP contribution in [0.5, 0.6) is 0 Å². The van der Waals surface area contributed by atoms with Gasteiger partial charge in [0.2, 0.25) is 0 Å². The number of benzene rings is 1. The summed E-state index contributed by atoms with van der Waals surface area (Å²) in [6, 6.07) is 10.7. The van der Waals surface area contributed by atoms with Gasteiger partial charge in [-0.25, -0.2) is 0 Å². The molecule has 2 aromatic rings. The molecule has 3 heterocycles. The van der Waals surface area contributed by atoms with Gasteiger partial charge in [-0.1, -0.05) is 55.9 Å². The van der Waals surface area contributed by atoms with Gasteiger partial charge in [-0.3, -0.25) is 0 Å². The Hall–Kier alpha value is -1.37. The van der Waals surface area contributed by atoms with Gasteiger partial charge in [0.15, 0.2) is 5.16 Å². The summed E-state index contributed by atoms with van der Waals surface area (Å²) in [5.41, 5.74) is 1.38. The molecule has 0 bridgehead atoms. The third-order valence-corrected chi connectivity index (χ3v) is 7.16. The lowest BCUT2D eigenvalue weighted by atomic mass is 9.95. The van der Waals surface area contributed by atoms with E-state index in [0.29, 0.717) is 12.0 Å². The minimum Gasteiger partial charge on any atom is -0.376 e. The van der Waals surface area contributed by atoms with Gasteiger partial charge < -0.3 is 14.2 Å². The summed E-state index contributed by atoms with van der Waals surface area (Å²) in [5, 5.41) is 10.4. The van der Waals surface area contributed by atoms with Crippen LogP contribution in [0.1, 0.15) is 56.8 Å². The average molecular weight is 429 g/mol. The van der Waals surface area contributed by atoms with E-state index in [1.807, 2.05) is 11.8 Å². The molecule has 1 aromatic carbocycles. The quantitative estimate of drug-likeness (QED) is 0.545. The Labute approximate surface area is 185 Å². The lowest BCUT2D eigenvalue weighted by Gasteiger charge is -2.32. The number of likely N-dealkylation sites (tertiary alicyclic amines) is 1. The smallest absolute Gasteiger partial charge is 0.191 e. The SMILES string of the molecule is CC(C)CN1CCC(c2nnc(SCCc3ccccc3)n2CC2CCCO2)CC1. The zero-order chi connectivity index (χ0) is 20.8. The molecule has 1 unspecified atom stereocenters. The highest BCUT2D eigenvalue weighted by molar-refractivity contribution is 7.99. The lowest BCUT2D eigenvalue weighted by molar-refractivity contribution is 0.0931. The fourth-order valence-corrected chi connectivity index (χ4v) is 5.61. The van der Waals surface area contributed by atoms with Crippen molar-refractivity contribution in [3.05, 3.63) is 41.7 Å². The summed E-state index contributed by atoms with van der Waals surface area (Å²) in [6.07, 6.45) is 6.07. The van der Waals surface area contributed by atoms with Gasteiger partial charge in [-0.15, -0.1) is 10.2 Å². The first kappa shape index (κ1) is 21.8. The highest BCUT2D eigenvalue weighted by Gasteiger charge is 2.28. The number of piperidine rings is 1. The third-order valence-electron chi connectivity index (χ3n) is 6.20. The van der Waals surface area contributed by atoms with Crippen molar-refractivity contribution in [2.45, 2.75) is 69.7 Å². The van der Waals surface area contributed by atoms with Gasteiger partial charge in [-0.05, 0) is 56.7 Å². The van der Waals surface area contributed by atoms with E-state index >= 15 is 0 Å². The first-order valence-electron chi connectivity index (χ1n) is 11.6. The van der Waals surface area contributed by atoms with E-state index < -0.39 is 0 Å². The number of hydrogen-bond acceptors (Lipinski definition) is 5. The summed E-state index contributed by atoms with van der Waals surface area (Å²) in [7, 11) is 0. The number of aromatic nitrogens is 3. The molecule has 0 aliphatic carbocycles. The molecule has 0 radical (unpaired) electrons. The normalized spacial score (nSPS) is 21.0. The number of aryl methyl sites for hydroxylation is 1. The predicted molar refractivity (Wildman–Crippen MR) is 123 cm³/mol. The molecule has 6 heteroatoms. The zero-order valence-corrected chi connectivity index (χ0v) is 19.3. The van der Waals surface area contributed by atoms with Crippen LogP contribution in [0.3, 0.4) is 0 Å². The molecule has 2 aliphatic heterocycles. The average Bonchev–Trinajstić information content (AvgIpc) is 3.40. The second-order valence-electron chi connectivity index (χ2n) is 9.14. The second-order valence-corrected chi connectivity index (χ2v) is 10.2. The maximum Gasteiger partial charge on any atom is 0.191 e. The lowest BCUT2D eigenvalue weighted by Crippen LogP contribution is -2.36. The monoisotopic (exact) mass is 428 g/mol. The summed E-state index contributed by atoms with van der Waals surface area (Å²) in [4.78, 5) is 2.61. The number of rotatable bonds is 9. The molecule has 2 fully saturated rings. The first-order valence-corrected chi connectivity index (χ1v) is 12.6. The molecule has 1 aromatic heterocycles. The van der Waals surface area contributed by atoms with E-state index in [4.69, 9.17) is 9.84 Å². The molecule has 4 rings (SSSR count). The highest BCUT2D eigenvalue weighted by Crippen LogP contribution is 2.31. The standard InChI is InChI=1S/C24H36N4OS/c1-19(2)17-27-13-10-21(11-14-27)23-25-26-24(28(23)18-22-9-6-15-29-22)30-16-12-20-7-4-3-5-8-20/h3-5,7-8,19,21-22H,6,9-18H2,1-2H3. The Bertz CT molecular complexity index is 765. The van der Waals surface area contributed by atoms with E-state index in [1.165, 1.54) is 50.3 Å². The van der Waals surface area contributed by atoms with E-state index in [2.05, 4.69) is 58.7 Å². The van der Waals surface area contributed by atoms with Crippen molar-refractivity contribution in [1.82, 2.24) is 19.7 Å². The van der Waals surface area contributed by atoms with Gasteiger partial charge >= 0.3 is 0 Å². The van der Waals surface area contributed by atoms with Gasteiger partial charge in [-0.2, -0.15) is 0 Å². The molecular formula is C24H36N4OS. The Morgan fingerprint density at radius 2 is 1.90 bits per heavy atom. The Morgan fingerprint density at radius 1 is 1.10 bits per heavy atom. The molecule has 5 nitrogen and oxygen atoms in total. The molecule has 30 heavy (non-hydrogen) atoms. The summed E-state index contributed by atoms with van der Waals surface area (Å²) >= 11 is 1.84. The van der Waals surface area contributed by atoms with Gasteiger partial charge in [0.1, 0.15) is 5.82 Å². The number of nitrogens with zero attached hydrogens (tertiary/aromatic N) is 4. The van der Waals surface area contributed by atoms with Crippen molar-refractivity contribution in [3.63, 3.8) is 0 Å². The molecule has 0 spiro atoms. The van der Waals surface area contributed by atoms with E-state index in [1.54, 1.807) is 0 Å². The van der Waals surface area contributed by atoms with Crippen LogP contribution < -0.4 is 0 Å².